The summed E-state index contributed by atoms with van der Waals surface area (Å²) in [5.74, 6) is -0.839. The van der Waals surface area contributed by atoms with E-state index in [0.29, 0.717) is 37.9 Å². The van der Waals surface area contributed by atoms with Gasteiger partial charge in [-0.15, -0.1) is 0 Å². The Morgan fingerprint density at radius 1 is 1.03 bits per heavy atom. The van der Waals surface area contributed by atoms with Gasteiger partial charge in [-0.3, -0.25) is 9.69 Å². The number of aromatic nitrogens is 2. The average Bonchev–Trinajstić information content (AvgIpc) is 3.23. The first kappa shape index (κ1) is 20.2. The van der Waals surface area contributed by atoms with Gasteiger partial charge in [0.15, 0.2) is 0 Å². The number of aryl methyl sites for hydroxylation is 1. The van der Waals surface area contributed by atoms with Crippen LogP contribution in [-0.4, -0.2) is 52.0 Å². The number of carbonyl (C=O) groups excluding carboxylic acids is 1. The highest BCUT2D eigenvalue weighted by Crippen LogP contribution is 2.24. The number of rotatable bonds is 4. The lowest BCUT2D eigenvalue weighted by Crippen LogP contribution is -2.49. The molecule has 0 bridgehead atoms. The Balaban J connectivity index is 1.39. The summed E-state index contributed by atoms with van der Waals surface area (Å²) in [6, 6.07) is 10.7. The van der Waals surface area contributed by atoms with Gasteiger partial charge in [-0.05, 0) is 26.0 Å². The van der Waals surface area contributed by atoms with Crippen molar-refractivity contribution in [3.05, 3.63) is 71.1 Å². The fourth-order valence-electron chi connectivity index (χ4n) is 3.55. The molecular weight excluding hydrogens is 390 g/mol. The molecule has 156 valence electrons. The predicted octanol–water partition coefficient (Wildman–Crippen LogP) is 3.84. The zero-order chi connectivity index (χ0) is 21.3. The van der Waals surface area contributed by atoms with E-state index in [-0.39, 0.29) is 17.5 Å². The van der Waals surface area contributed by atoms with Crippen LogP contribution in [-0.2, 0) is 0 Å². The number of halogens is 2. The standard InChI is InChI=1S/C22H22F2N4O2/c1-14-3-5-16(6-4-14)20-25-21(30-26-20)15(2)27-7-9-28(10-8-27)22(29)17-11-18(23)13-19(24)12-17/h3-6,11-13,15H,7-10H2,1-2H3. The Kier molecular flexibility index (Phi) is 5.59. The first-order valence-corrected chi connectivity index (χ1v) is 9.81. The van der Waals surface area contributed by atoms with Crippen LogP contribution < -0.4 is 0 Å². The molecule has 8 heteroatoms. The third kappa shape index (κ3) is 4.23. The number of hydrogen-bond donors (Lipinski definition) is 0. The fourth-order valence-corrected chi connectivity index (χ4v) is 3.55. The summed E-state index contributed by atoms with van der Waals surface area (Å²) < 4.78 is 32.3. The molecule has 1 fully saturated rings. The molecule has 2 heterocycles. The van der Waals surface area contributed by atoms with E-state index in [1.54, 1.807) is 4.90 Å². The maximum Gasteiger partial charge on any atom is 0.254 e. The molecule has 0 aliphatic carbocycles. The number of nitrogens with zero attached hydrogens (tertiary/aromatic N) is 4. The Hall–Kier alpha value is -3.13. The molecule has 6 nitrogen and oxygen atoms in total. The molecule has 3 aromatic rings. The van der Waals surface area contributed by atoms with Crippen LogP contribution >= 0.6 is 0 Å². The van der Waals surface area contributed by atoms with E-state index in [1.807, 2.05) is 38.1 Å². The zero-order valence-corrected chi connectivity index (χ0v) is 16.8. The lowest BCUT2D eigenvalue weighted by atomic mass is 10.1. The number of piperazine rings is 1. The molecule has 1 saturated heterocycles. The highest BCUT2D eigenvalue weighted by molar-refractivity contribution is 5.94. The lowest BCUT2D eigenvalue weighted by Gasteiger charge is -2.36. The Morgan fingerprint density at radius 3 is 2.30 bits per heavy atom. The third-order valence-electron chi connectivity index (χ3n) is 5.37. The molecule has 1 aromatic heterocycles. The fraction of sp³-hybridized carbons (Fsp3) is 0.318. The van der Waals surface area contributed by atoms with Gasteiger partial charge in [-0.1, -0.05) is 35.0 Å². The van der Waals surface area contributed by atoms with Crippen molar-refractivity contribution in [2.24, 2.45) is 0 Å². The van der Waals surface area contributed by atoms with Gasteiger partial charge < -0.3 is 9.42 Å². The molecule has 4 rings (SSSR count). The molecule has 0 radical (unpaired) electrons. The molecule has 1 aliphatic heterocycles. The minimum absolute atomic E-state index is 0.0219. The van der Waals surface area contributed by atoms with Crippen LogP contribution in [0.2, 0.25) is 0 Å². The van der Waals surface area contributed by atoms with Crippen molar-refractivity contribution in [3.8, 4) is 11.4 Å². The van der Waals surface area contributed by atoms with Crippen molar-refractivity contribution in [1.82, 2.24) is 19.9 Å². The number of carbonyl (C=O) groups is 1. The smallest absolute Gasteiger partial charge is 0.254 e. The average molecular weight is 412 g/mol. The number of amides is 1. The van der Waals surface area contributed by atoms with Crippen LogP contribution in [0, 0.1) is 18.6 Å². The quantitative estimate of drug-likeness (QED) is 0.652. The maximum atomic E-state index is 13.4. The summed E-state index contributed by atoms with van der Waals surface area (Å²) in [5.41, 5.74) is 2.07. The van der Waals surface area contributed by atoms with Gasteiger partial charge >= 0.3 is 0 Å². The van der Waals surface area contributed by atoms with Crippen LogP contribution in [0.1, 0.15) is 34.8 Å². The third-order valence-corrected chi connectivity index (χ3v) is 5.37. The van der Waals surface area contributed by atoms with Crippen molar-refractivity contribution in [3.63, 3.8) is 0 Å². The summed E-state index contributed by atoms with van der Waals surface area (Å²) in [4.78, 5) is 20.8. The first-order chi connectivity index (χ1) is 14.4. The van der Waals surface area contributed by atoms with Crippen LogP contribution in [0.4, 0.5) is 8.78 Å². The summed E-state index contributed by atoms with van der Waals surface area (Å²) >= 11 is 0. The van der Waals surface area contributed by atoms with E-state index in [1.165, 1.54) is 0 Å². The van der Waals surface area contributed by atoms with Crippen molar-refractivity contribution in [1.29, 1.82) is 0 Å². The van der Waals surface area contributed by atoms with Crippen LogP contribution in [0.25, 0.3) is 11.4 Å². The monoisotopic (exact) mass is 412 g/mol. The normalized spacial score (nSPS) is 15.9. The minimum Gasteiger partial charge on any atom is -0.337 e. The van der Waals surface area contributed by atoms with Crippen LogP contribution in [0.15, 0.2) is 47.0 Å². The molecule has 30 heavy (non-hydrogen) atoms. The van der Waals surface area contributed by atoms with E-state index >= 15 is 0 Å². The number of benzene rings is 2. The second kappa shape index (κ2) is 8.31. The Labute approximate surface area is 173 Å². The Bertz CT molecular complexity index is 1020. The van der Waals surface area contributed by atoms with Crippen molar-refractivity contribution in [2.45, 2.75) is 19.9 Å². The molecule has 0 N–H and O–H groups in total. The highest BCUT2D eigenvalue weighted by Gasteiger charge is 2.28. The van der Waals surface area contributed by atoms with Gasteiger partial charge in [0, 0.05) is 43.4 Å². The molecule has 1 atom stereocenters. The molecule has 0 spiro atoms. The van der Waals surface area contributed by atoms with Gasteiger partial charge in [0.1, 0.15) is 11.6 Å². The van der Waals surface area contributed by atoms with E-state index in [0.717, 1.165) is 29.3 Å². The predicted molar refractivity (Wildman–Crippen MR) is 107 cm³/mol. The molecule has 1 unspecified atom stereocenters. The SMILES string of the molecule is Cc1ccc(-c2noc(C(C)N3CCN(C(=O)c4cc(F)cc(F)c4)CC3)n2)cc1. The summed E-state index contributed by atoms with van der Waals surface area (Å²) in [5, 5.41) is 4.08. The lowest BCUT2D eigenvalue weighted by molar-refractivity contribution is 0.0551. The minimum atomic E-state index is -0.758. The highest BCUT2D eigenvalue weighted by atomic mass is 19.1. The summed E-state index contributed by atoms with van der Waals surface area (Å²) in [7, 11) is 0. The van der Waals surface area contributed by atoms with Crippen LogP contribution in [0.5, 0.6) is 0 Å². The maximum absolute atomic E-state index is 13.4. The van der Waals surface area contributed by atoms with Gasteiger partial charge in [-0.2, -0.15) is 4.98 Å². The first-order valence-electron chi connectivity index (χ1n) is 9.81. The largest absolute Gasteiger partial charge is 0.337 e. The zero-order valence-electron chi connectivity index (χ0n) is 16.8. The van der Waals surface area contributed by atoms with Crippen molar-refractivity contribution >= 4 is 5.91 Å². The Morgan fingerprint density at radius 2 is 1.67 bits per heavy atom. The van der Waals surface area contributed by atoms with Gasteiger partial charge in [0.25, 0.3) is 5.91 Å². The molecule has 0 saturated carbocycles. The van der Waals surface area contributed by atoms with E-state index in [4.69, 9.17) is 4.52 Å². The second-order valence-electron chi connectivity index (χ2n) is 7.48. The van der Waals surface area contributed by atoms with E-state index in [9.17, 15) is 13.6 Å². The molecule has 1 aliphatic rings. The van der Waals surface area contributed by atoms with Gasteiger partial charge in [0.05, 0.1) is 6.04 Å². The van der Waals surface area contributed by atoms with Gasteiger partial charge in [0.2, 0.25) is 11.7 Å². The molecule has 1 amide bonds. The van der Waals surface area contributed by atoms with Crippen molar-refractivity contribution in [2.75, 3.05) is 26.2 Å². The topological polar surface area (TPSA) is 62.5 Å². The molecular formula is C22H22F2N4O2. The summed E-state index contributed by atoms with van der Waals surface area (Å²) in [6.45, 7) is 6.06. The summed E-state index contributed by atoms with van der Waals surface area (Å²) in [6.07, 6.45) is 0. The second-order valence-corrected chi connectivity index (χ2v) is 7.48. The molecule has 2 aromatic carbocycles. The van der Waals surface area contributed by atoms with E-state index in [2.05, 4.69) is 15.0 Å². The number of hydrogen-bond acceptors (Lipinski definition) is 5. The van der Waals surface area contributed by atoms with Crippen LogP contribution in [0.3, 0.4) is 0 Å². The van der Waals surface area contributed by atoms with Gasteiger partial charge in [-0.25, -0.2) is 8.78 Å². The van der Waals surface area contributed by atoms with Crippen molar-refractivity contribution < 1.29 is 18.1 Å². The van der Waals surface area contributed by atoms with E-state index < -0.39 is 11.6 Å².